The third-order valence-electron chi connectivity index (χ3n) is 6.06. The summed E-state index contributed by atoms with van der Waals surface area (Å²) in [5.41, 5.74) is 0.449. The fraction of sp³-hybridized carbons (Fsp3) is 0.462. The van der Waals surface area contributed by atoms with E-state index >= 15 is 0 Å². The van der Waals surface area contributed by atoms with E-state index in [1.54, 1.807) is 12.1 Å². The van der Waals surface area contributed by atoms with Crippen LogP contribution in [-0.2, 0) is 0 Å². The van der Waals surface area contributed by atoms with E-state index in [2.05, 4.69) is 16.0 Å². The zero-order valence-electron chi connectivity index (χ0n) is 21.0. The van der Waals surface area contributed by atoms with Crippen molar-refractivity contribution in [3.8, 4) is 11.5 Å². The summed E-state index contributed by atoms with van der Waals surface area (Å²) in [6, 6.07) is 5.94. The lowest BCUT2D eigenvalue weighted by Crippen LogP contribution is -2.46. The van der Waals surface area contributed by atoms with Gasteiger partial charge in [-0.05, 0) is 45.0 Å². The highest BCUT2D eigenvalue weighted by molar-refractivity contribution is 6.33. The first-order valence-electron chi connectivity index (χ1n) is 12.1. The summed E-state index contributed by atoms with van der Waals surface area (Å²) in [6.07, 6.45) is 0. The SMILES string of the molecule is CC(C)(C)N(CCNCCO)c1ccc(NCCNCCO)c2c1C(=O)c1c(O)ccc(O)c1C2=O. The lowest BCUT2D eigenvalue weighted by molar-refractivity contribution is 0.0975. The van der Waals surface area contributed by atoms with Crippen molar-refractivity contribution in [3.63, 3.8) is 0 Å². The van der Waals surface area contributed by atoms with E-state index in [4.69, 9.17) is 10.2 Å². The summed E-state index contributed by atoms with van der Waals surface area (Å²) < 4.78 is 0. The van der Waals surface area contributed by atoms with E-state index in [0.717, 1.165) is 0 Å². The molecule has 0 bridgehead atoms. The number of aliphatic hydroxyl groups excluding tert-OH is 2. The van der Waals surface area contributed by atoms with Crippen molar-refractivity contribution >= 4 is 22.9 Å². The molecule has 0 atom stereocenters. The molecule has 196 valence electrons. The molecule has 2 aromatic rings. The maximum absolute atomic E-state index is 13.9. The topological polar surface area (TPSA) is 154 Å². The third kappa shape index (κ3) is 5.62. The number of aromatic hydroxyl groups is 2. The number of nitrogens with one attached hydrogen (secondary N) is 3. The van der Waals surface area contributed by atoms with Crippen LogP contribution >= 0.6 is 0 Å². The Labute approximate surface area is 211 Å². The second kappa shape index (κ2) is 11.7. The normalized spacial score (nSPS) is 12.9. The van der Waals surface area contributed by atoms with E-state index in [0.29, 0.717) is 50.6 Å². The summed E-state index contributed by atoms with van der Waals surface area (Å²) >= 11 is 0. The predicted molar refractivity (Wildman–Crippen MR) is 139 cm³/mol. The zero-order chi connectivity index (χ0) is 26.5. The smallest absolute Gasteiger partial charge is 0.200 e. The number of aliphatic hydroxyl groups is 2. The van der Waals surface area contributed by atoms with Gasteiger partial charge in [-0.1, -0.05) is 0 Å². The molecule has 0 heterocycles. The molecule has 0 saturated heterocycles. The maximum atomic E-state index is 13.9. The number of benzene rings is 2. The highest BCUT2D eigenvalue weighted by atomic mass is 16.3. The van der Waals surface area contributed by atoms with Crippen molar-refractivity contribution in [2.75, 3.05) is 62.7 Å². The minimum Gasteiger partial charge on any atom is -0.507 e. The number of carbonyl (C=O) groups excluding carboxylic acids is 2. The Balaban J connectivity index is 2.14. The molecule has 0 unspecified atom stereocenters. The van der Waals surface area contributed by atoms with Gasteiger partial charge in [0.05, 0.1) is 35.5 Å². The van der Waals surface area contributed by atoms with Crippen LogP contribution in [0.4, 0.5) is 11.4 Å². The van der Waals surface area contributed by atoms with E-state index in [1.165, 1.54) is 12.1 Å². The van der Waals surface area contributed by atoms with Crippen molar-refractivity contribution in [1.29, 1.82) is 0 Å². The zero-order valence-corrected chi connectivity index (χ0v) is 21.0. The molecule has 0 aromatic heterocycles. The Bertz CT molecular complexity index is 1110. The Morgan fingerprint density at radius 3 is 1.83 bits per heavy atom. The van der Waals surface area contributed by atoms with Crippen LogP contribution in [0.25, 0.3) is 0 Å². The molecule has 0 radical (unpaired) electrons. The van der Waals surface area contributed by atoms with Gasteiger partial charge < -0.3 is 41.3 Å². The van der Waals surface area contributed by atoms with Crippen LogP contribution in [0.1, 0.15) is 52.6 Å². The lowest BCUT2D eigenvalue weighted by Gasteiger charge is -2.40. The first-order chi connectivity index (χ1) is 17.1. The molecule has 0 aliphatic heterocycles. The minimum absolute atomic E-state index is 0.00495. The lowest BCUT2D eigenvalue weighted by atomic mass is 9.80. The number of anilines is 2. The Morgan fingerprint density at radius 1 is 0.722 bits per heavy atom. The van der Waals surface area contributed by atoms with E-state index in [9.17, 15) is 19.8 Å². The summed E-state index contributed by atoms with van der Waals surface area (Å²) in [7, 11) is 0. The summed E-state index contributed by atoms with van der Waals surface area (Å²) in [5.74, 6) is -1.82. The van der Waals surface area contributed by atoms with Gasteiger partial charge in [-0.3, -0.25) is 9.59 Å². The molecular weight excluding hydrogens is 464 g/mol. The summed E-state index contributed by atoms with van der Waals surface area (Å²) in [4.78, 5) is 29.6. The van der Waals surface area contributed by atoms with Gasteiger partial charge in [0.2, 0.25) is 11.6 Å². The number of hydrogen-bond acceptors (Lipinski definition) is 10. The first-order valence-corrected chi connectivity index (χ1v) is 12.1. The number of phenolic OH excluding ortho intramolecular Hbond substituents is 2. The standard InChI is InChI=1S/C26H36N4O6/c1-26(2,3)30(13-10-28-12-15-32)17-5-4-16(29-9-8-27-11-14-31)20-21(17)25(36)23-19(34)7-6-18(33)22(23)24(20)35/h4-7,27-29,31-34H,8-15H2,1-3H3. The maximum Gasteiger partial charge on any atom is 0.200 e. The van der Waals surface area contributed by atoms with Crippen LogP contribution in [0.2, 0.25) is 0 Å². The van der Waals surface area contributed by atoms with Crippen LogP contribution in [0, 0.1) is 0 Å². The average Bonchev–Trinajstić information content (AvgIpc) is 2.83. The van der Waals surface area contributed by atoms with Crippen LogP contribution in [-0.4, -0.2) is 90.0 Å². The van der Waals surface area contributed by atoms with Crippen molar-refractivity contribution in [2.24, 2.45) is 0 Å². The molecule has 2 aromatic carbocycles. The second-order valence-corrected chi connectivity index (χ2v) is 9.59. The Kier molecular flexibility index (Phi) is 8.91. The van der Waals surface area contributed by atoms with E-state index < -0.39 is 17.1 Å². The number of nitrogens with zero attached hydrogens (tertiary/aromatic N) is 1. The van der Waals surface area contributed by atoms with Crippen LogP contribution < -0.4 is 20.9 Å². The Morgan fingerprint density at radius 2 is 1.28 bits per heavy atom. The van der Waals surface area contributed by atoms with Gasteiger partial charge in [-0.15, -0.1) is 0 Å². The number of fused-ring (bicyclic) bond motifs is 2. The highest BCUT2D eigenvalue weighted by Gasteiger charge is 2.39. The molecule has 1 aliphatic rings. The number of carbonyl (C=O) groups is 2. The molecule has 36 heavy (non-hydrogen) atoms. The minimum atomic E-state index is -0.548. The fourth-order valence-corrected chi connectivity index (χ4v) is 4.42. The number of rotatable bonds is 12. The molecule has 10 nitrogen and oxygen atoms in total. The molecule has 10 heteroatoms. The van der Waals surface area contributed by atoms with Crippen molar-refractivity contribution in [2.45, 2.75) is 26.3 Å². The van der Waals surface area contributed by atoms with Crippen molar-refractivity contribution in [3.05, 3.63) is 46.5 Å². The molecule has 7 N–H and O–H groups in total. The predicted octanol–water partition coefficient (Wildman–Crippen LogP) is 1.05. The molecular formula is C26H36N4O6. The summed E-state index contributed by atoms with van der Waals surface area (Å²) in [5, 5.41) is 48.4. The molecule has 0 fully saturated rings. The molecule has 0 saturated carbocycles. The van der Waals surface area contributed by atoms with Crippen LogP contribution in [0.3, 0.4) is 0 Å². The second-order valence-electron chi connectivity index (χ2n) is 9.59. The highest BCUT2D eigenvalue weighted by Crippen LogP contribution is 2.44. The largest absolute Gasteiger partial charge is 0.507 e. The quantitative estimate of drug-likeness (QED) is 0.142. The van der Waals surface area contributed by atoms with Gasteiger partial charge in [0.15, 0.2) is 0 Å². The van der Waals surface area contributed by atoms with Gasteiger partial charge in [0.25, 0.3) is 0 Å². The number of phenols is 2. The van der Waals surface area contributed by atoms with E-state index in [-0.39, 0.29) is 47.0 Å². The monoisotopic (exact) mass is 500 g/mol. The summed E-state index contributed by atoms with van der Waals surface area (Å²) in [6.45, 7) is 8.85. The molecule has 0 amide bonds. The third-order valence-corrected chi connectivity index (χ3v) is 6.06. The van der Waals surface area contributed by atoms with Crippen molar-refractivity contribution < 1.29 is 30.0 Å². The van der Waals surface area contributed by atoms with Crippen molar-refractivity contribution in [1.82, 2.24) is 10.6 Å². The fourth-order valence-electron chi connectivity index (χ4n) is 4.42. The van der Waals surface area contributed by atoms with Crippen LogP contribution in [0.5, 0.6) is 11.5 Å². The van der Waals surface area contributed by atoms with Gasteiger partial charge in [0, 0.05) is 56.2 Å². The van der Waals surface area contributed by atoms with Gasteiger partial charge in [0.1, 0.15) is 11.5 Å². The first kappa shape index (κ1) is 27.4. The number of hydrogen-bond donors (Lipinski definition) is 7. The molecule has 1 aliphatic carbocycles. The van der Waals surface area contributed by atoms with E-state index in [1.807, 2.05) is 25.7 Å². The number of ketones is 2. The van der Waals surface area contributed by atoms with Gasteiger partial charge in [-0.2, -0.15) is 0 Å². The van der Waals surface area contributed by atoms with Gasteiger partial charge in [-0.25, -0.2) is 0 Å². The van der Waals surface area contributed by atoms with Gasteiger partial charge >= 0.3 is 0 Å². The molecule has 3 rings (SSSR count). The Hall–Kier alpha value is -3.18. The van der Waals surface area contributed by atoms with Crippen LogP contribution in [0.15, 0.2) is 24.3 Å². The average molecular weight is 501 g/mol. The molecule has 0 spiro atoms.